The fraction of sp³-hybridized carbons (Fsp3) is 0.176. The normalized spacial score (nSPS) is 11.1. The molecular weight excluding hydrogens is 312 g/mol. The topological polar surface area (TPSA) is 17.0 Å². The maximum absolute atomic E-state index is 3.53. The largest absolute Gasteiger partial charge is 0.343 e. The van der Waals surface area contributed by atoms with Crippen LogP contribution in [0.25, 0.3) is 10.9 Å². The number of halogens is 1. The van der Waals surface area contributed by atoms with Crippen LogP contribution < -0.4 is 5.32 Å². The highest BCUT2D eigenvalue weighted by Gasteiger charge is 2.03. The van der Waals surface area contributed by atoms with Crippen molar-refractivity contribution in [2.24, 2.45) is 0 Å². The standard InChI is InChI=1S/C17H17BrN2/c1-19-11-13-5-6-15-7-8-20(17(15)10-13)12-14-3-2-4-16(18)9-14/h2-10,19H,11-12H2,1H3. The molecule has 0 atom stereocenters. The Morgan fingerprint density at radius 2 is 1.95 bits per heavy atom. The summed E-state index contributed by atoms with van der Waals surface area (Å²) in [6.45, 7) is 1.80. The van der Waals surface area contributed by atoms with Crippen LogP contribution in [0.4, 0.5) is 0 Å². The highest BCUT2D eigenvalue weighted by atomic mass is 79.9. The van der Waals surface area contributed by atoms with Crippen LogP contribution in [-0.2, 0) is 13.1 Å². The minimum atomic E-state index is 0.895. The SMILES string of the molecule is CNCc1ccc2ccn(Cc3cccc(Br)c3)c2c1. The second-order valence-electron chi connectivity index (χ2n) is 5.00. The molecule has 102 valence electrons. The summed E-state index contributed by atoms with van der Waals surface area (Å²) in [7, 11) is 1.98. The number of hydrogen-bond donors (Lipinski definition) is 1. The van der Waals surface area contributed by atoms with Crippen molar-refractivity contribution in [1.82, 2.24) is 9.88 Å². The molecule has 1 aromatic heterocycles. The number of fused-ring (bicyclic) bond motifs is 1. The Hall–Kier alpha value is -1.58. The molecule has 0 saturated carbocycles. The van der Waals surface area contributed by atoms with E-state index in [1.165, 1.54) is 22.0 Å². The van der Waals surface area contributed by atoms with Gasteiger partial charge in [0.05, 0.1) is 0 Å². The molecule has 0 unspecified atom stereocenters. The summed E-state index contributed by atoms with van der Waals surface area (Å²) in [5.41, 5.74) is 3.91. The highest BCUT2D eigenvalue weighted by molar-refractivity contribution is 9.10. The Kier molecular flexibility index (Phi) is 3.90. The molecule has 0 amide bonds. The zero-order valence-corrected chi connectivity index (χ0v) is 13.0. The van der Waals surface area contributed by atoms with E-state index in [2.05, 4.69) is 80.5 Å². The summed E-state index contributed by atoms with van der Waals surface area (Å²) in [4.78, 5) is 0. The van der Waals surface area contributed by atoms with Gasteiger partial charge in [-0.2, -0.15) is 0 Å². The molecule has 0 aliphatic carbocycles. The average Bonchev–Trinajstić information content (AvgIpc) is 2.82. The molecule has 0 aliphatic rings. The average molecular weight is 329 g/mol. The lowest BCUT2D eigenvalue weighted by molar-refractivity contribution is 0.812. The monoisotopic (exact) mass is 328 g/mol. The van der Waals surface area contributed by atoms with Gasteiger partial charge in [-0.15, -0.1) is 0 Å². The third kappa shape index (κ3) is 2.79. The first-order valence-corrected chi connectivity index (χ1v) is 7.52. The summed E-state index contributed by atoms with van der Waals surface area (Å²) in [6, 6.07) is 17.3. The molecule has 0 fully saturated rings. The van der Waals surface area contributed by atoms with E-state index < -0.39 is 0 Å². The third-order valence-corrected chi connectivity index (χ3v) is 3.95. The van der Waals surface area contributed by atoms with Crippen molar-refractivity contribution in [3.63, 3.8) is 0 Å². The van der Waals surface area contributed by atoms with Gasteiger partial charge in [0.15, 0.2) is 0 Å². The molecule has 2 nitrogen and oxygen atoms in total. The summed E-state index contributed by atoms with van der Waals surface area (Å²) >= 11 is 3.53. The Morgan fingerprint density at radius 1 is 1.05 bits per heavy atom. The van der Waals surface area contributed by atoms with Gasteiger partial charge in [-0.3, -0.25) is 0 Å². The fourth-order valence-corrected chi connectivity index (χ4v) is 2.96. The first-order chi connectivity index (χ1) is 9.76. The van der Waals surface area contributed by atoms with E-state index in [9.17, 15) is 0 Å². The number of benzene rings is 2. The van der Waals surface area contributed by atoms with Crippen LogP contribution in [0.15, 0.2) is 59.2 Å². The molecule has 3 rings (SSSR count). The number of nitrogens with one attached hydrogen (secondary N) is 1. The first kappa shape index (κ1) is 13.4. The van der Waals surface area contributed by atoms with Crippen LogP contribution in [0, 0.1) is 0 Å². The molecule has 0 bridgehead atoms. The lowest BCUT2D eigenvalue weighted by Gasteiger charge is -2.08. The lowest BCUT2D eigenvalue weighted by atomic mass is 10.1. The van der Waals surface area contributed by atoms with E-state index in [0.717, 1.165) is 17.6 Å². The molecule has 3 heteroatoms. The summed E-state index contributed by atoms with van der Waals surface area (Å²) in [5, 5.41) is 4.49. The predicted molar refractivity (Wildman–Crippen MR) is 87.9 cm³/mol. The van der Waals surface area contributed by atoms with Crippen LogP contribution in [0.2, 0.25) is 0 Å². The third-order valence-electron chi connectivity index (χ3n) is 3.46. The van der Waals surface area contributed by atoms with Gasteiger partial charge in [-0.25, -0.2) is 0 Å². The quantitative estimate of drug-likeness (QED) is 0.760. The van der Waals surface area contributed by atoms with Crippen molar-refractivity contribution in [3.8, 4) is 0 Å². The zero-order valence-electron chi connectivity index (χ0n) is 11.4. The molecule has 1 heterocycles. The van der Waals surface area contributed by atoms with Gasteiger partial charge in [0, 0.05) is 29.3 Å². The van der Waals surface area contributed by atoms with E-state index in [1.807, 2.05) is 7.05 Å². The Morgan fingerprint density at radius 3 is 2.75 bits per heavy atom. The molecule has 0 radical (unpaired) electrons. The van der Waals surface area contributed by atoms with Gasteiger partial charge in [0.1, 0.15) is 0 Å². The van der Waals surface area contributed by atoms with Crippen LogP contribution >= 0.6 is 15.9 Å². The van der Waals surface area contributed by atoms with Crippen LogP contribution in [-0.4, -0.2) is 11.6 Å². The summed E-state index contributed by atoms with van der Waals surface area (Å²) in [5.74, 6) is 0. The maximum atomic E-state index is 3.53. The van der Waals surface area contributed by atoms with Gasteiger partial charge in [-0.1, -0.05) is 40.2 Å². The second-order valence-corrected chi connectivity index (χ2v) is 5.91. The molecule has 3 aromatic rings. The minimum absolute atomic E-state index is 0.895. The molecule has 0 spiro atoms. The Labute approximate surface area is 127 Å². The predicted octanol–water partition coefficient (Wildman–Crippen LogP) is 4.17. The number of hydrogen-bond acceptors (Lipinski definition) is 1. The fourth-order valence-electron chi connectivity index (χ4n) is 2.51. The zero-order chi connectivity index (χ0) is 13.9. The van der Waals surface area contributed by atoms with Crippen molar-refractivity contribution in [3.05, 3.63) is 70.3 Å². The Bertz CT molecular complexity index is 731. The van der Waals surface area contributed by atoms with Gasteiger partial charge < -0.3 is 9.88 Å². The number of rotatable bonds is 4. The van der Waals surface area contributed by atoms with Crippen molar-refractivity contribution in [2.45, 2.75) is 13.1 Å². The number of aromatic nitrogens is 1. The maximum Gasteiger partial charge on any atom is 0.0486 e. The van der Waals surface area contributed by atoms with Crippen LogP contribution in [0.3, 0.4) is 0 Å². The summed E-state index contributed by atoms with van der Waals surface area (Å²) < 4.78 is 3.43. The van der Waals surface area contributed by atoms with Gasteiger partial charge >= 0.3 is 0 Å². The first-order valence-electron chi connectivity index (χ1n) is 6.73. The van der Waals surface area contributed by atoms with E-state index in [4.69, 9.17) is 0 Å². The number of nitrogens with zero attached hydrogens (tertiary/aromatic N) is 1. The lowest BCUT2D eigenvalue weighted by Crippen LogP contribution is -2.05. The van der Waals surface area contributed by atoms with Crippen LogP contribution in [0.5, 0.6) is 0 Å². The molecule has 1 N–H and O–H groups in total. The molecule has 20 heavy (non-hydrogen) atoms. The van der Waals surface area contributed by atoms with E-state index in [1.54, 1.807) is 0 Å². The molecule has 0 saturated heterocycles. The van der Waals surface area contributed by atoms with E-state index in [0.29, 0.717) is 0 Å². The molecule has 2 aromatic carbocycles. The van der Waals surface area contributed by atoms with Gasteiger partial charge in [0.25, 0.3) is 0 Å². The van der Waals surface area contributed by atoms with Crippen molar-refractivity contribution in [2.75, 3.05) is 7.05 Å². The van der Waals surface area contributed by atoms with Crippen molar-refractivity contribution in [1.29, 1.82) is 0 Å². The minimum Gasteiger partial charge on any atom is -0.343 e. The van der Waals surface area contributed by atoms with Gasteiger partial charge in [-0.05, 0) is 47.8 Å². The molecular formula is C17H17BrN2. The van der Waals surface area contributed by atoms with Crippen molar-refractivity contribution < 1.29 is 0 Å². The van der Waals surface area contributed by atoms with E-state index >= 15 is 0 Å². The second kappa shape index (κ2) is 5.81. The van der Waals surface area contributed by atoms with E-state index in [-0.39, 0.29) is 0 Å². The molecule has 0 aliphatic heterocycles. The Balaban J connectivity index is 1.96. The smallest absolute Gasteiger partial charge is 0.0486 e. The summed E-state index contributed by atoms with van der Waals surface area (Å²) in [6.07, 6.45) is 2.16. The highest BCUT2D eigenvalue weighted by Crippen LogP contribution is 2.20. The van der Waals surface area contributed by atoms with Gasteiger partial charge in [0.2, 0.25) is 0 Å². The van der Waals surface area contributed by atoms with Crippen LogP contribution in [0.1, 0.15) is 11.1 Å². The van der Waals surface area contributed by atoms with Crippen molar-refractivity contribution >= 4 is 26.8 Å².